The summed E-state index contributed by atoms with van der Waals surface area (Å²) in [6.07, 6.45) is 1.53. The molecule has 0 atom stereocenters. The monoisotopic (exact) mass is 174 g/mol. The lowest BCUT2D eigenvalue weighted by Gasteiger charge is -2.01. The summed E-state index contributed by atoms with van der Waals surface area (Å²) in [5, 5.41) is 1.47. The lowest BCUT2D eigenvalue weighted by molar-refractivity contribution is 1.28. The summed E-state index contributed by atoms with van der Waals surface area (Å²) < 4.78 is 0. The fourth-order valence-electron chi connectivity index (χ4n) is 1.40. The molecule has 0 bridgehead atoms. The van der Waals surface area contributed by atoms with E-state index < -0.39 is 0 Å². The molecule has 0 aliphatic heterocycles. The van der Waals surface area contributed by atoms with E-state index in [1.54, 1.807) is 0 Å². The van der Waals surface area contributed by atoms with E-state index in [2.05, 4.69) is 4.98 Å². The number of rotatable bonds is 0. The van der Waals surface area contributed by atoms with Crippen molar-refractivity contribution in [2.75, 3.05) is 5.73 Å². The molecule has 0 saturated heterocycles. The van der Waals surface area contributed by atoms with Crippen LogP contribution in [0.3, 0.4) is 0 Å². The van der Waals surface area contributed by atoms with E-state index in [9.17, 15) is 4.79 Å². The Kier molecular flexibility index (Phi) is 1.59. The first-order valence-electron chi connectivity index (χ1n) is 4.06. The van der Waals surface area contributed by atoms with Crippen LogP contribution in [0.4, 0.5) is 5.69 Å². The Morgan fingerprint density at radius 3 is 2.85 bits per heavy atom. The van der Waals surface area contributed by atoms with Gasteiger partial charge in [-0.05, 0) is 13.0 Å². The number of hydrogen-bond donors (Lipinski definition) is 2. The second-order valence-electron chi connectivity index (χ2n) is 3.12. The topological polar surface area (TPSA) is 58.9 Å². The van der Waals surface area contributed by atoms with Crippen LogP contribution in [-0.2, 0) is 0 Å². The van der Waals surface area contributed by atoms with Crippen molar-refractivity contribution in [3.8, 4) is 0 Å². The number of anilines is 1. The van der Waals surface area contributed by atoms with Gasteiger partial charge < -0.3 is 10.7 Å². The average molecular weight is 174 g/mol. The molecule has 0 fully saturated rings. The highest BCUT2D eigenvalue weighted by atomic mass is 16.1. The number of nitrogen functional groups attached to an aromatic ring is 1. The molecule has 0 aliphatic rings. The SMILES string of the molecule is Cc1ccc2c(N)c[nH]c(=O)c2c1. The third kappa shape index (κ3) is 1.18. The number of aromatic amines is 1. The fourth-order valence-corrected chi connectivity index (χ4v) is 1.40. The summed E-state index contributed by atoms with van der Waals surface area (Å²) in [7, 11) is 0. The van der Waals surface area contributed by atoms with Crippen molar-refractivity contribution in [2.24, 2.45) is 0 Å². The van der Waals surface area contributed by atoms with Gasteiger partial charge in [-0.2, -0.15) is 0 Å². The van der Waals surface area contributed by atoms with Gasteiger partial charge in [0.25, 0.3) is 5.56 Å². The number of fused-ring (bicyclic) bond motifs is 1. The highest BCUT2D eigenvalue weighted by Gasteiger charge is 2.00. The zero-order valence-electron chi connectivity index (χ0n) is 7.29. The van der Waals surface area contributed by atoms with Crippen molar-refractivity contribution in [2.45, 2.75) is 6.92 Å². The highest BCUT2D eigenvalue weighted by Crippen LogP contribution is 2.17. The standard InChI is InChI=1S/C10H10N2O/c1-6-2-3-7-8(4-6)10(13)12-5-9(7)11/h2-5H,11H2,1H3,(H,12,13). The van der Waals surface area contributed by atoms with Gasteiger partial charge in [0.15, 0.2) is 0 Å². The van der Waals surface area contributed by atoms with Crippen molar-refractivity contribution >= 4 is 16.5 Å². The minimum absolute atomic E-state index is 0.0899. The Balaban J connectivity index is 3.01. The summed E-state index contributed by atoms with van der Waals surface area (Å²) >= 11 is 0. The number of aryl methyl sites for hydroxylation is 1. The van der Waals surface area contributed by atoms with Crippen LogP contribution in [0.15, 0.2) is 29.2 Å². The number of aromatic nitrogens is 1. The first-order chi connectivity index (χ1) is 6.18. The van der Waals surface area contributed by atoms with Crippen LogP contribution in [0.2, 0.25) is 0 Å². The molecule has 3 N–H and O–H groups in total. The van der Waals surface area contributed by atoms with Crippen LogP contribution < -0.4 is 11.3 Å². The molecule has 2 rings (SSSR count). The zero-order valence-corrected chi connectivity index (χ0v) is 7.29. The second kappa shape index (κ2) is 2.62. The molecule has 13 heavy (non-hydrogen) atoms. The zero-order chi connectivity index (χ0) is 9.42. The van der Waals surface area contributed by atoms with E-state index >= 15 is 0 Å². The van der Waals surface area contributed by atoms with Gasteiger partial charge in [-0.1, -0.05) is 17.7 Å². The van der Waals surface area contributed by atoms with Crippen molar-refractivity contribution in [3.63, 3.8) is 0 Å². The number of nitrogens with one attached hydrogen (secondary N) is 1. The second-order valence-corrected chi connectivity index (χ2v) is 3.12. The summed E-state index contributed by atoms with van der Waals surface area (Å²) in [6, 6.07) is 5.65. The number of hydrogen-bond acceptors (Lipinski definition) is 2. The predicted molar refractivity (Wildman–Crippen MR) is 53.7 cm³/mol. The lowest BCUT2D eigenvalue weighted by atomic mass is 10.1. The van der Waals surface area contributed by atoms with Crippen molar-refractivity contribution in [3.05, 3.63) is 40.3 Å². The molecule has 1 heterocycles. The van der Waals surface area contributed by atoms with E-state index in [0.29, 0.717) is 11.1 Å². The smallest absolute Gasteiger partial charge is 0.255 e. The maximum Gasteiger partial charge on any atom is 0.255 e. The van der Waals surface area contributed by atoms with Gasteiger partial charge in [-0.3, -0.25) is 4.79 Å². The van der Waals surface area contributed by atoms with Crippen LogP contribution in [0.25, 0.3) is 10.8 Å². The Bertz CT molecular complexity index is 514. The Hall–Kier alpha value is -1.77. The molecule has 0 unspecified atom stereocenters. The minimum atomic E-state index is -0.0899. The number of pyridine rings is 1. The van der Waals surface area contributed by atoms with E-state index in [0.717, 1.165) is 10.9 Å². The molecule has 0 radical (unpaired) electrons. The van der Waals surface area contributed by atoms with Crippen LogP contribution in [0.1, 0.15) is 5.56 Å². The van der Waals surface area contributed by atoms with Gasteiger partial charge >= 0.3 is 0 Å². The summed E-state index contributed by atoms with van der Waals surface area (Å²) in [4.78, 5) is 14.0. The molecule has 1 aromatic heterocycles. The number of nitrogens with two attached hydrogens (primary N) is 1. The Morgan fingerprint density at radius 2 is 2.08 bits per heavy atom. The number of H-pyrrole nitrogens is 1. The molecule has 1 aromatic carbocycles. The third-order valence-corrected chi connectivity index (χ3v) is 2.09. The molecular formula is C10H10N2O. The van der Waals surface area contributed by atoms with Crippen molar-refractivity contribution in [1.29, 1.82) is 0 Å². The summed E-state index contributed by atoms with van der Waals surface area (Å²) in [5.41, 5.74) is 7.28. The van der Waals surface area contributed by atoms with Crippen molar-refractivity contribution in [1.82, 2.24) is 4.98 Å². The minimum Gasteiger partial charge on any atom is -0.397 e. The van der Waals surface area contributed by atoms with Crippen LogP contribution in [-0.4, -0.2) is 4.98 Å². The Labute approximate surface area is 75.2 Å². The molecule has 0 spiro atoms. The van der Waals surface area contributed by atoms with Gasteiger partial charge in [-0.25, -0.2) is 0 Å². The van der Waals surface area contributed by atoms with Crippen LogP contribution >= 0.6 is 0 Å². The maximum atomic E-state index is 11.4. The predicted octanol–water partition coefficient (Wildman–Crippen LogP) is 1.42. The number of benzene rings is 1. The van der Waals surface area contributed by atoms with Gasteiger partial charge in [0.05, 0.1) is 5.69 Å². The van der Waals surface area contributed by atoms with E-state index in [4.69, 9.17) is 5.73 Å². The third-order valence-electron chi connectivity index (χ3n) is 2.09. The molecule has 0 saturated carbocycles. The first-order valence-corrected chi connectivity index (χ1v) is 4.06. The largest absolute Gasteiger partial charge is 0.397 e. The molecule has 66 valence electrons. The first kappa shape index (κ1) is 7.86. The maximum absolute atomic E-state index is 11.4. The van der Waals surface area contributed by atoms with E-state index in [1.807, 2.05) is 25.1 Å². The lowest BCUT2D eigenvalue weighted by Crippen LogP contribution is -2.06. The molecule has 3 heteroatoms. The van der Waals surface area contributed by atoms with Crippen LogP contribution in [0, 0.1) is 6.92 Å². The summed E-state index contributed by atoms with van der Waals surface area (Å²) in [5.74, 6) is 0. The highest BCUT2D eigenvalue weighted by molar-refractivity contribution is 5.91. The van der Waals surface area contributed by atoms with Gasteiger partial charge in [0.1, 0.15) is 0 Å². The van der Waals surface area contributed by atoms with Gasteiger partial charge in [0.2, 0.25) is 0 Å². The average Bonchev–Trinajstić information content (AvgIpc) is 2.12. The van der Waals surface area contributed by atoms with Crippen LogP contribution in [0.5, 0.6) is 0 Å². The van der Waals surface area contributed by atoms with Crippen molar-refractivity contribution < 1.29 is 0 Å². The molecule has 2 aromatic rings. The molecule has 0 aliphatic carbocycles. The Morgan fingerprint density at radius 1 is 1.31 bits per heavy atom. The normalized spacial score (nSPS) is 10.5. The molecule has 3 nitrogen and oxygen atoms in total. The van der Waals surface area contributed by atoms with E-state index in [-0.39, 0.29) is 5.56 Å². The molecule has 0 amide bonds. The summed E-state index contributed by atoms with van der Waals surface area (Å²) in [6.45, 7) is 1.95. The fraction of sp³-hybridized carbons (Fsp3) is 0.100. The molecular weight excluding hydrogens is 164 g/mol. The van der Waals surface area contributed by atoms with Gasteiger partial charge in [0, 0.05) is 17.0 Å². The van der Waals surface area contributed by atoms with Gasteiger partial charge in [-0.15, -0.1) is 0 Å². The van der Waals surface area contributed by atoms with E-state index in [1.165, 1.54) is 6.20 Å². The quantitative estimate of drug-likeness (QED) is 0.634.